The fraction of sp³-hybridized carbons (Fsp3) is 0.455. The molecule has 2 atom stereocenters. The number of methoxy groups -OCH3 is 1. The zero-order valence-corrected chi connectivity index (χ0v) is 10.2. The third kappa shape index (κ3) is 2.50. The number of hydrogen-bond donors (Lipinski definition) is 1. The highest BCUT2D eigenvalue weighted by molar-refractivity contribution is 6.30. The third-order valence-electron chi connectivity index (χ3n) is 2.93. The number of carbonyl (C=O) groups excluding carboxylic acids is 1. The van der Waals surface area contributed by atoms with Crippen LogP contribution in [0.15, 0.2) is 18.3 Å². The number of pyridine rings is 1. The predicted octanol–water partition coefficient (Wildman–Crippen LogP) is 0.814. The van der Waals surface area contributed by atoms with Crippen LogP contribution in [0.5, 0.6) is 0 Å². The topological polar surface area (TPSA) is 68.5 Å². The Kier molecular flexibility index (Phi) is 3.49. The first-order valence-electron chi connectivity index (χ1n) is 5.32. The van der Waals surface area contributed by atoms with E-state index in [1.54, 1.807) is 25.4 Å². The van der Waals surface area contributed by atoms with E-state index in [0.29, 0.717) is 23.8 Å². The Hall–Kier alpha value is -1.33. The van der Waals surface area contributed by atoms with E-state index in [0.717, 1.165) is 0 Å². The minimum atomic E-state index is -0.367. The number of aromatic nitrogens is 1. The molecule has 0 aliphatic carbocycles. The summed E-state index contributed by atoms with van der Waals surface area (Å²) >= 11 is 5.78. The molecule has 1 aliphatic heterocycles. The second-order valence-corrected chi connectivity index (χ2v) is 4.43. The fourth-order valence-electron chi connectivity index (χ4n) is 2.03. The van der Waals surface area contributed by atoms with Gasteiger partial charge in [0.25, 0.3) is 0 Å². The SMILES string of the molecule is CO[C@H]1C[C@@H](C(N)=O)N(c2ccc(Cl)cn2)C1. The van der Waals surface area contributed by atoms with Crippen molar-refractivity contribution in [3.8, 4) is 0 Å². The molecule has 2 rings (SSSR count). The van der Waals surface area contributed by atoms with Gasteiger partial charge in [0.2, 0.25) is 5.91 Å². The van der Waals surface area contributed by atoms with Gasteiger partial charge in [-0.1, -0.05) is 11.6 Å². The molecule has 1 aromatic rings. The van der Waals surface area contributed by atoms with Crippen LogP contribution in [0.4, 0.5) is 5.82 Å². The number of rotatable bonds is 3. The van der Waals surface area contributed by atoms with Gasteiger partial charge in [-0.15, -0.1) is 0 Å². The van der Waals surface area contributed by atoms with Gasteiger partial charge in [-0.05, 0) is 12.1 Å². The van der Waals surface area contributed by atoms with Crippen molar-refractivity contribution in [3.05, 3.63) is 23.4 Å². The molecule has 92 valence electrons. The summed E-state index contributed by atoms with van der Waals surface area (Å²) in [6.07, 6.45) is 2.15. The summed E-state index contributed by atoms with van der Waals surface area (Å²) in [7, 11) is 1.63. The lowest BCUT2D eigenvalue weighted by molar-refractivity contribution is -0.119. The van der Waals surface area contributed by atoms with E-state index in [4.69, 9.17) is 22.1 Å². The minimum Gasteiger partial charge on any atom is -0.380 e. The lowest BCUT2D eigenvalue weighted by Gasteiger charge is -2.22. The number of hydrogen-bond acceptors (Lipinski definition) is 4. The molecule has 1 aliphatic rings. The number of amides is 1. The van der Waals surface area contributed by atoms with Crippen LogP contribution >= 0.6 is 11.6 Å². The van der Waals surface area contributed by atoms with Crippen molar-refractivity contribution in [3.63, 3.8) is 0 Å². The Morgan fingerprint density at radius 3 is 2.94 bits per heavy atom. The molecular formula is C11H14ClN3O2. The number of primary amides is 1. The van der Waals surface area contributed by atoms with Crippen LogP contribution in [0.3, 0.4) is 0 Å². The fourth-order valence-corrected chi connectivity index (χ4v) is 2.14. The molecule has 5 nitrogen and oxygen atoms in total. The monoisotopic (exact) mass is 255 g/mol. The van der Waals surface area contributed by atoms with Crippen LogP contribution in [0.2, 0.25) is 5.02 Å². The zero-order valence-electron chi connectivity index (χ0n) is 9.47. The summed E-state index contributed by atoms with van der Waals surface area (Å²) in [6, 6.07) is 3.15. The Morgan fingerprint density at radius 2 is 2.41 bits per heavy atom. The van der Waals surface area contributed by atoms with Crippen molar-refractivity contribution in [2.75, 3.05) is 18.6 Å². The van der Waals surface area contributed by atoms with E-state index in [1.807, 2.05) is 4.90 Å². The third-order valence-corrected chi connectivity index (χ3v) is 3.15. The molecule has 0 spiro atoms. The van der Waals surface area contributed by atoms with E-state index in [1.165, 1.54) is 0 Å². The molecular weight excluding hydrogens is 242 g/mol. The van der Waals surface area contributed by atoms with Gasteiger partial charge in [-0.3, -0.25) is 4.79 Å². The Labute approximate surface area is 105 Å². The highest BCUT2D eigenvalue weighted by Gasteiger charge is 2.36. The second-order valence-electron chi connectivity index (χ2n) is 4.00. The van der Waals surface area contributed by atoms with Gasteiger partial charge >= 0.3 is 0 Å². The summed E-state index contributed by atoms with van der Waals surface area (Å²) < 4.78 is 5.26. The van der Waals surface area contributed by atoms with Crippen LogP contribution < -0.4 is 10.6 Å². The quantitative estimate of drug-likeness (QED) is 0.868. The molecule has 2 N–H and O–H groups in total. The van der Waals surface area contributed by atoms with Crippen LogP contribution in [0, 0.1) is 0 Å². The minimum absolute atomic E-state index is 0.00461. The van der Waals surface area contributed by atoms with Gasteiger partial charge in [-0.25, -0.2) is 4.98 Å². The summed E-state index contributed by atoms with van der Waals surface area (Å²) in [5.41, 5.74) is 5.38. The van der Waals surface area contributed by atoms with Crippen molar-refractivity contribution in [1.82, 2.24) is 4.98 Å². The summed E-state index contributed by atoms with van der Waals surface area (Å²) in [5, 5.41) is 0.562. The number of halogens is 1. The van der Waals surface area contributed by atoms with Gasteiger partial charge < -0.3 is 15.4 Å². The van der Waals surface area contributed by atoms with Gasteiger partial charge in [-0.2, -0.15) is 0 Å². The van der Waals surface area contributed by atoms with Gasteiger partial charge in [0, 0.05) is 26.3 Å². The molecule has 0 saturated carbocycles. The molecule has 1 saturated heterocycles. The van der Waals surface area contributed by atoms with Crippen molar-refractivity contribution in [2.24, 2.45) is 5.73 Å². The number of nitrogens with zero attached hydrogens (tertiary/aromatic N) is 2. The van der Waals surface area contributed by atoms with Crippen LogP contribution in [-0.2, 0) is 9.53 Å². The first-order chi connectivity index (χ1) is 8.11. The Bertz CT molecular complexity index is 410. The van der Waals surface area contributed by atoms with Crippen LogP contribution in [0.1, 0.15) is 6.42 Å². The van der Waals surface area contributed by atoms with E-state index in [2.05, 4.69) is 4.98 Å². The maximum Gasteiger partial charge on any atom is 0.240 e. The van der Waals surface area contributed by atoms with Crippen molar-refractivity contribution in [2.45, 2.75) is 18.6 Å². The van der Waals surface area contributed by atoms with Gasteiger partial charge in [0.1, 0.15) is 11.9 Å². The highest BCUT2D eigenvalue weighted by Crippen LogP contribution is 2.25. The number of anilines is 1. The zero-order chi connectivity index (χ0) is 12.4. The maximum absolute atomic E-state index is 11.4. The number of ether oxygens (including phenoxy) is 1. The normalized spacial score (nSPS) is 24.0. The van der Waals surface area contributed by atoms with E-state index in [9.17, 15) is 4.79 Å². The Balaban J connectivity index is 2.23. The van der Waals surface area contributed by atoms with E-state index in [-0.39, 0.29) is 18.1 Å². The van der Waals surface area contributed by atoms with Gasteiger partial charge in [0.05, 0.1) is 11.1 Å². The highest BCUT2D eigenvalue weighted by atomic mass is 35.5. The summed E-state index contributed by atoms with van der Waals surface area (Å²) in [4.78, 5) is 17.4. The van der Waals surface area contributed by atoms with E-state index >= 15 is 0 Å². The average molecular weight is 256 g/mol. The molecule has 17 heavy (non-hydrogen) atoms. The van der Waals surface area contributed by atoms with E-state index < -0.39 is 0 Å². The maximum atomic E-state index is 11.4. The largest absolute Gasteiger partial charge is 0.380 e. The molecule has 6 heteroatoms. The smallest absolute Gasteiger partial charge is 0.240 e. The molecule has 1 aromatic heterocycles. The summed E-state index contributed by atoms with van der Waals surface area (Å²) in [5.74, 6) is 0.332. The standard InChI is InChI=1S/C11H14ClN3O2/c1-17-8-4-9(11(13)16)15(6-8)10-3-2-7(12)5-14-10/h2-3,5,8-9H,4,6H2,1H3,(H2,13,16)/t8-,9-/m0/s1. The summed E-state index contributed by atoms with van der Waals surface area (Å²) in [6.45, 7) is 0.610. The van der Waals surface area contributed by atoms with Gasteiger partial charge in [0.15, 0.2) is 0 Å². The molecule has 0 unspecified atom stereocenters. The van der Waals surface area contributed by atoms with Crippen molar-refractivity contribution in [1.29, 1.82) is 0 Å². The number of carbonyl (C=O) groups is 1. The molecule has 0 radical (unpaired) electrons. The first-order valence-corrected chi connectivity index (χ1v) is 5.70. The van der Waals surface area contributed by atoms with Crippen LogP contribution in [0.25, 0.3) is 0 Å². The van der Waals surface area contributed by atoms with Crippen molar-refractivity contribution >= 4 is 23.3 Å². The average Bonchev–Trinajstić information content (AvgIpc) is 2.74. The number of nitrogens with two attached hydrogens (primary N) is 1. The molecule has 0 bridgehead atoms. The molecule has 2 heterocycles. The molecule has 1 fully saturated rings. The molecule has 1 amide bonds. The van der Waals surface area contributed by atoms with Crippen LogP contribution in [-0.4, -0.2) is 36.7 Å². The Morgan fingerprint density at radius 1 is 1.65 bits per heavy atom. The lowest BCUT2D eigenvalue weighted by Crippen LogP contribution is -2.40. The van der Waals surface area contributed by atoms with Crippen molar-refractivity contribution < 1.29 is 9.53 Å². The predicted molar refractivity (Wildman–Crippen MR) is 65.0 cm³/mol. The first kappa shape index (κ1) is 12.1. The second kappa shape index (κ2) is 4.89. The molecule has 0 aromatic carbocycles. The lowest BCUT2D eigenvalue weighted by atomic mass is 10.2.